The summed E-state index contributed by atoms with van der Waals surface area (Å²) in [6.07, 6.45) is 4.84. The topological polar surface area (TPSA) is 98.7 Å². The molecule has 25 heavy (non-hydrogen) atoms. The number of hydrogen-bond donors (Lipinski definition) is 1. The lowest BCUT2D eigenvalue weighted by molar-refractivity contribution is 0.0951. The maximum atomic E-state index is 11.8. The van der Waals surface area contributed by atoms with Crippen LogP contribution in [0, 0.1) is 0 Å². The van der Waals surface area contributed by atoms with Crippen molar-refractivity contribution < 1.29 is 9.32 Å². The van der Waals surface area contributed by atoms with E-state index in [0.29, 0.717) is 29.8 Å². The van der Waals surface area contributed by atoms with Gasteiger partial charge in [0.25, 0.3) is 11.8 Å². The molecule has 0 unspecified atom stereocenters. The zero-order valence-corrected chi connectivity index (χ0v) is 14.6. The van der Waals surface area contributed by atoms with Gasteiger partial charge in [-0.1, -0.05) is 25.9 Å². The van der Waals surface area contributed by atoms with Gasteiger partial charge in [-0.25, -0.2) is 9.97 Å². The Morgan fingerprint density at radius 1 is 1.28 bits per heavy atom. The van der Waals surface area contributed by atoms with Crippen LogP contribution in [0.5, 0.6) is 0 Å². The molecular weight excluding hydrogens is 320 g/mol. The van der Waals surface area contributed by atoms with Crippen molar-refractivity contribution in [2.24, 2.45) is 0 Å². The van der Waals surface area contributed by atoms with Gasteiger partial charge in [-0.15, -0.1) is 0 Å². The summed E-state index contributed by atoms with van der Waals surface area (Å²) in [5.74, 6) is 1.51. The highest BCUT2D eigenvalue weighted by atomic mass is 16.5. The zero-order valence-electron chi connectivity index (χ0n) is 14.6. The van der Waals surface area contributed by atoms with Gasteiger partial charge < -0.3 is 9.84 Å². The second-order valence-electron chi connectivity index (χ2n) is 6.60. The van der Waals surface area contributed by atoms with Gasteiger partial charge in [-0.05, 0) is 19.1 Å². The molecule has 0 aliphatic rings. The Morgan fingerprint density at radius 2 is 2.08 bits per heavy atom. The fraction of sp³-hybridized carbons (Fsp3) is 0.353. The van der Waals surface area contributed by atoms with Gasteiger partial charge in [-0.2, -0.15) is 4.98 Å². The van der Waals surface area contributed by atoms with Crippen LogP contribution in [0.1, 0.15) is 44.0 Å². The number of rotatable bonds is 4. The minimum absolute atomic E-state index is 0.179. The van der Waals surface area contributed by atoms with Crippen LogP contribution in [0.25, 0.3) is 17.3 Å². The molecule has 130 valence electrons. The van der Waals surface area contributed by atoms with E-state index in [1.807, 2.05) is 33.8 Å². The summed E-state index contributed by atoms with van der Waals surface area (Å²) >= 11 is 0. The molecule has 3 heterocycles. The number of nitrogens with one attached hydrogen (secondary N) is 1. The molecule has 3 rings (SSSR count). The van der Waals surface area contributed by atoms with Crippen LogP contribution >= 0.6 is 0 Å². The summed E-state index contributed by atoms with van der Waals surface area (Å²) in [6.45, 7) is 8.48. The van der Waals surface area contributed by atoms with Gasteiger partial charge in [0, 0.05) is 24.4 Å². The molecular formula is C17H20N6O2. The number of carbonyl (C=O) groups excluding carboxylic acids is 1. The maximum Gasteiger partial charge on any atom is 0.271 e. The van der Waals surface area contributed by atoms with Gasteiger partial charge in [0.05, 0.1) is 5.56 Å². The van der Waals surface area contributed by atoms with E-state index in [1.54, 1.807) is 29.4 Å². The number of pyridine rings is 1. The number of aromatic nitrogens is 5. The summed E-state index contributed by atoms with van der Waals surface area (Å²) < 4.78 is 7.00. The van der Waals surface area contributed by atoms with E-state index in [9.17, 15) is 4.79 Å². The van der Waals surface area contributed by atoms with E-state index in [2.05, 4.69) is 25.4 Å². The lowest BCUT2D eigenvalue weighted by Crippen LogP contribution is -2.22. The summed E-state index contributed by atoms with van der Waals surface area (Å²) in [5, 5.41) is 6.72. The minimum Gasteiger partial charge on any atom is -0.351 e. The Bertz CT molecular complexity index is 873. The second-order valence-corrected chi connectivity index (χ2v) is 6.60. The lowest BCUT2D eigenvalue weighted by atomic mass is 9.96. The van der Waals surface area contributed by atoms with Gasteiger partial charge in [-0.3, -0.25) is 9.36 Å². The van der Waals surface area contributed by atoms with Gasteiger partial charge in [0.1, 0.15) is 17.8 Å². The van der Waals surface area contributed by atoms with Gasteiger partial charge >= 0.3 is 0 Å². The highest BCUT2D eigenvalue weighted by molar-refractivity contribution is 5.92. The predicted octanol–water partition coefficient (Wildman–Crippen LogP) is 2.36. The third-order valence-electron chi connectivity index (χ3n) is 3.51. The van der Waals surface area contributed by atoms with E-state index in [-0.39, 0.29) is 11.3 Å². The Kier molecular flexibility index (Phi) is 4.35. The quantitative estimate of drug-likeness (QED) is 0.783. The summed E-state index contributed by atoms with van der Waals surface area (Å²) in [6, 6.07) is 3.65. The van der Waals surface area contributed by atoms with Crippen molar-refractivity contribution in [1.82, 2.24) is 30.0 Å². The summed E-state index contributed by atoms with van der Waals surface area (Å²) in [5.41, 5.74) is 0.900. The van der Waals surface area contributed by atoms with Crippen molar-refractivity contribution in [2.45, 2.75) is 33.1 Å². The molecule has 3 aromatic rings. The van der Waals surface area contributed by atoms with Crippen LogP contribution in [-0.2, 0) is 5.41 Å². The highest BCUT2D eigenvalue weighted by Crippen LogP contribution is 2.23. The largest absolute Gasteiger partial charge is 0.351 e. The van der Waals surface area contributed by atoms with Crippen molar-refractivity contribution in [3.05, 3.63) is 42.4 Å². The molecule has 0 radical (unpaired) electrons. The van der Waals surface area contributed by atoms with Crippen LogP contribution in [0.2, 0.25) is 0 Å². The smallest absolute Gasteiger partial charge is 0.271 e. The van der Waals surface area contributed by atoms with E-state index in [1.165, 1.54) is 0 Å². The monoisotopic (exact) mass is 340 g/mol. The first-order valence-electron chi connectivity index (χ1n) is 8.01. The van der Waals surface area contributed by atoms with Crippen LogP contribution in [0.4, 0.5) is 0 Å². The average Bonchev–Trinajstić information content (AvgIpc) is 3.25. The first kappa shape index (κ1) is 16.8. The maximum absolute atomic E-state index is 11.8. The van der Waals surface area contributed by atoms with Crippen molar-refractivity contribution in [2.75, 3.05) is 6.54 Å². The number of hydrogen-bond acceptors (Lipinski definition) is 6. The van der Waals surface area contributed by atoms with Crippen molar-refractivity contribution in [3.63, 3.8) is 0 Å². The molecule has 0 aliphatic carbocycles. The molecule has 0 atom stereocenters. The number of imidazole rings is 1. The van der Waals surface area contributed by atoms with E-state index in [0.717, 1.165) is 5.56 Å². The number of nitrogens with zero attached hydrogens (tertiary/aromatic N) is 5. The zero-order chi connectivity index (χ0) is 18.0. The number of carbonyl (C=O) groups is 1. The highest BCUT2D eigenvalue weighted by Gasteiger charge is 2.21. The molecule has 1 amide bonds. The molecule has 3 aromatic heterocycles. The Hall–Kier alpha value is -3.03. The van der Waals surface area contributed by atoms with E-state index >= 15 is 0 Å². The molecule has 1 N–H and O–H groups in total. The number of amides is 1. The predicted molar refractivity (Wildman–Crippen MR) is 91.4 cm³/mol. The van der Waals surface area contributed by atoms with Crippen molar-refractivity contribution in [3.8, 4) is 17.3 Å². The summed E-state index contributed by atoms with van der Waals surface area (Å²) in [4.78, 5) is 24.7. The van der Waals surface area contributed by atoms with Crippen LogP contribution in [0.15, 0.2) is 35.4 Å². The minimum atomic E-state index is -0.210. The Morgan fingerprint density at radius 3 is 2.68 bits per heavy atom. The first-order chi connectivity index (χ1) is 11.9. The standard InChI is InChI=1S/C17H20N6O2/c1-5-18-14(24)12-9-23(10-20-12)13-7-6-11(8-19-13)15-21-16(22-25-15)17(2,3)4/h6-10H,5H2,1-4H3,(H,18,24). The third-order valence-corrected chi connectivity index (χ3v) is 3.51. The Labute approximate surface area is 145 Å². The molecule has 0 aliphatic heterocycles. The van der Waals surface area contributed by atoms with Crippen LogP contribution in [0.3, 0.4) is 0 Å². The second kappa shape index (κ2) is 6.46. The lowest BCUT2D eigenvalue weighted by Gasteiger charge is -2.10. The molecule has 0 aromatic carbocycles. The van der Waals surface area contributed by atoms with Crippen molar-refractivity contribution in [1.29, 1.82) is 0 Å². The third kappa shape index (κ3) is 3.57. The molecule has 0 saturated heterocycles. The van der Waals surface area contributed by atoms with Crippen molar-refractivity contribution >= 4 is 5.91 Å². The van der Waals surface area contributed by atoms with Crippen LogP contribution < -0.4 is 5.32 Å². The SMILES string of the molecule is CCNC(=O)c1cn(-c2ccc(-c3nc(C(C)(C)C)no3)cn2)cn1. The molecule has 0 fully saturated rings. The summed E-state index contributed by atoms with van der Waals surface area (Å²) in [7, 11) is 0. The fourth-order valence-electron chi connectivity index (χ4n) is 2.13. The van der Waals surface area contributed by atoms with E-state index < -0.39 is 0 Å². The first-order valence-corrected chi connectivity index (χ1v) is 8.01. The molecule has 0 saturated carbocycles. The normalized spacial score (nSPS) is 11.5. The Balaban J connectivity index is 1.81. The van der Waals surface area contributed by atoms with Gasteiger partial charge in [0.15, 0.2) is 5.82 Å². The van der Waals surface area contributed by atoms with Crippen LogP contribution in [-0.4, -0.2) is 37.1 Å². The molecule has 0 spiro atoms. The molecule has 0 bridgehead atoms. The molecule has 8 nitrogen and oxygen atoms in total. The fourth-order valence-corrected chi connectivity index (χ4v) is 2.13. The van der Waals surface area contributed by atoms with Gasteiger partial charge in [0.2, 0.25) is 0 Å². The molecule has 8 heteroatoms. The average molecular weight is 340 g/mol. The van der Waals surface area contributed by atoms with E-state index in [4.69, 9.17) is 4.52 Å².